The second kappa shape index (κ2) is 4.23. The summed E-state index contributed by atoms with van der Waals surface area (Å²) >= 11 is 0. The number of carboxylic acids is 2. The number of nitrogens with two attached hydrogens (primary N) is 1. The summed E-state index contributed by atoms with van der Waals surface area (Å²) in [6.07, 6.45) is 0. The zero-order valence-corrected chi connectivity index (χ0v) is 7.78. The van der Waals surface area contributed by atoms with Crippen LogP contribution in [0.2, 0.25) is 0 Å². The van der Waals surface area contributed by atoms with Gasteiger partial charge in [-0.05, 0) is 17.7 Å². The van der Waals surface area contributed by atoms with Gasteiger partial charge in [-0.25, -0.2) is 13.6 Å². The Balaban J connectivity index is 3.34. The highest BCUT2D eigenvalue weighted by molar-refractivity contribution is 5.88. The molecule has 0 amide bonds. The van der Waals surface area contributed by atoms with Crippen LogP contribution < -0.4 is 5.73 Å². The van der Waals surface area contributed by atoms with Gasteiger partial charge in [0.2, 0.25) is 0 Å². The zero-order chi connectivity index (χ0) is 12.5. The highest BCUT2D eigenvalue weighted by atomic mass is 19.2. The molecule has 0 bridgehead atoms. The maximum atomic E-state index is 13.0. The van der Waals surface area contributed by atoms with Crippen molar-refractivity contribution in [3.63, 3.8) is 0 Å². The summed E-state index contributed by atoms with van der Waals surface area (Å²) in [5, 5.41) is 17.1. The van der Waals surface area contributed by atoms with Gasteiger partial charge in [-0.2, -0.15) is 0 Å². The van der Waals surface area contributed by atoms with Gasteiger partial charge in [0.15, 0.2) is 11.6 Å². The maximum absolute atomic E-state index is 13.0. The molecule has 0 aliphatic rings. The zero-order valence-electron chi connectivity index (χ0n) is 7.78. The largest absolute Gasteiger partial charge is 0.480 e. The average molecular weight is 231 g/mol. The molecule has 0 saturated heterocycles. The average Bonchev–Trinajstić information content (AvgIpc) is 2.20. The SMILES string of the molecule is NC(C(=O)O)c1cc(F)c(F)c(C(=O)O)c1. The molecule has 0 aliphatic carbocycles. The molecule has 1 unspecified atom stereocenters. The summed E-state index contributed by atoms with van der Waals surface area (Å²) in [5.41, 5.74) is 3.88. The summed E-state index contributed by atoms with van der Waals surface area (Å²) in [4.78, 5) is 21.0. The lowest BCUT2D eigenvalue weighted by Gasteiger charge is -2.08. The molecule has 0 aliphatic heterocycles. The molecule has 1 atom stereocenters. The van der Waals surface area contributed by atoms with E-state index < -0.39 is 35.2 Å². The van der Waals surface area contributed by atoms with Crippen molar-refractivity contribution in [1.82, 2.24) is 0 Å². The summed E-state index contributed by atoms with van der Waals surface area (Å²) in [5.74, 6) is -6.17. The second-order valence-corrected chi connectivity index (χ2v) is 2.99. The Kier molecular flexibility index (Phi) is 3.19. The molecule has 86 valence electrons. The Morgan fingerprint density at radius 3 is 2.25 bits per heavy atom. The van der Waals surface area contributed by atoms with Gasteiger partial charge in [-0.15, -0.1) is 0 Å². The molecule has 1 rings (SSSR count). The van der Waals surface area contributed by atoms with Crippen LogP contribution in [0.1, 0.15) is 22.0 Å². The van der Waals surface area contributed by atoms with Crippen LogP contribution in [0.3, 0.4) is 0 Å². The lowest BCUT2D eigenvalue weighted by Crippen LogP contribution is -2.21. The van der Waals surface area contributed by atoms with Gasteiger partial charge in [0.25, 0.3) is 0 Å². The number of hydrogen-bond donors (Lipinski definition) is 3. The van der Waals surface area contributed by atoms with Gasteiger partial charge in [0, 0.05) is 0 Å². The third kappa shape index (κ3) is 2.14. The Morgan fingerprint density at radius 1 is 1.25 bits per heavy atom. The summed E-state index contributed by atoms with van der Waals surface area (Å²) in [6.45, 7) is 0. The molecular formula is C9H7F2NO4. The number of carboxylic acid groups (broad SMARTS) is 2. The van der Waals surface area contributed by atoms with E-state index in [2.05, 4.69) is 0 Å². The van der Waals surface area contributed by atoms with Crippen LogP contribution in [-0.2, 0) is 4.79 Å². The number of carbonyl (C=O) groups is 2. The van der Waals surface area contributed by atoms with Crippen molar-refractivity contribution in [2.24, 2.45) is 5.73 Å². The molecule has 0 fully saturated rings. The molecule has 1 aromatic carbocycles. The fourth-order valence-corrected chi connectivity index (χ4v) is 1.09. The molecule has 7 heteroatoms. The highest BCUT2D eigenvalue weighted by Gasteiger charge is 2.21. The van der Waals surface area contributed by atoms with Gasteiger partial charge in [0.1, 0.15) is 6.04 Å². The number of rotatable bonds is 3. The summed E-state index contributed by atoms with van der Waals surface area (Å²) < 4.78 is 25.9. The standard InChI is InChI=1S/C9H7F2NO4/c10-5-2-3(7(12)9(15)16)1-4(6(5)11)8(13)14/h1-2,7H,12H2,(H,13,14)(H,15,16). The van der Waals surface area contributed by atoms with E-state index in [1.165, 1.54) is 0 Å². The second-order valence-electron chi connectivity index (χ2n) is 2.99. The number of aliphatic carboxylic acids is 1. The van der Waals surface area contributed by atoms with Crippen LogP contribution in [-0.4, -0.2) is 22.2 Å². The first-order valence-corrected chi connectivity index (χ1v) is 4.05. The van der Waals surface area contributed by atoms with Crippen molar-refractivity contribution in [2.75, 3.05) is 0 Å². The number of aromatic carboxylic acids is 1. The molecular weight excluding hydrogens is 224 g/mol. The van der Waals surface area contributed by atoms with E-state index in [9.17, 15) is 18.4 Å². The van der Waals surface area contributed by atoms with Crippen LogP contribution in [0.15, 0.2) is 12.1 Å². The van der Waals surface area contributed by atoms with E-state index in [4.69, 9.17) is 15.9 Å². The monoisotopic (exact) mass is 231 g/mol. The summed E-state index contributed by atoms with van der Waals surface area (Å²) in [6, 6.07) is -0.353. The molecule has 5 nitrogen and oxygen atoms in total. The molecule has 4 N–H and O–H groups in total. The Labute approximate surface area is 88.1 Å². The number of hydrogen-bond acceptors (Lipinski definition) is 3. The smallest absolute Gasteiger partial charge is 0.338 e. The lowest BCUT2D eigenvalue weighted by molar-refractivity contribution is -0.138. The normalized spacial score (nSPS) is 12.2. The van der Waals surface area contributed by atoms with E-state index in [0.29, 0.717) is 12.1 Å². The number of benzene rings is 1. The van der Waals surface area contributed by atoms with Gasteiger partial charge >= 0.3 is 11.9 Å². The molecule has 0 spiro atoms. The Hall–Kier alpha value is -2.02. The fraction of sp³-hybridized carbons (Fsp3) is 0.111. The van der Waals surface area contributed by atoms with E-state index in [1.54, 1.807) is 0 Å². The van der Waals surface area contributed by atoms with Crippen molar-refractivity contribution in [3.05, 3.63) is 34.9 Å². The minimum atomic E-state index is -1.70. The third-order valence-electron chi connectivity index (χ3n) is 1.91. The van der Waals surface area contributed by atoms with Crippen molar-refractivity contribution in [3.8, 4) is 0 Å². The molecule has 0 saturated carbocycles. The van der Waals surface area contributed by atoms with Gasteiger partial charge in [-0.1, -0.05) is 0 Å². The summed E-state index contributed by atoms with van der Waals surface area (Å²) in [7, 11) is 0. The van der Waals surface area contributed by atoms with Crippen LogP contribution in [0.5, 0.6) is 0 Å². The van der Waals surface area contributed by atoms with E-state index in [-0.39, 0.29) is 5.56 Å². The maximum Gasteiger partial charge on any atom is 0.338 e. The number of halogens is 2. The molecule has 0 heterocycles. The first kappa shape index (κ1) is 12.1. The van der Waals surface area contributed by atoms with Crippen molar-refractivity contribution in [2.45, 2.75) is 6.04 Å². The van der Waals surface area contributed by atoms with E-state index in [0.717, 1.165) is 0 Å². The van der Waals surface area contributed by atoms with Crippen LogP contribution in [0, 0.1) is 11.6 Å². The van der Waals surface area contributed by atoms with Crippen LogP contribution in [0.25, 0.3) is 0 Å². The molecule has 0 radical (unpaired) electrons. The van der Waals surface area contributed by atoms with Crippen molar-refractivity contribution >= 4 is 11.9 Å². The Bertz CT molecular complexity index is 461. The first-order valence-electron chi connectivity index (χ1n) is 4.05. The molecule has 0 aromatic heterocycles. The third-order valence-corrected chi connectivity index (χ3v) is 1.91. The van der Waals surface area contributed by atoms with E-state index in [1.807, 2.05) is 0 Å². The predicted octanol–water partition coefficient (Wildman–Crippen LogP) is 0.747. The van der Waals surface area contributed by atoms with Crippen LogP contribution >= 0.6 is 0 Å². The highest BCUT2D eigenvalue weighted by Crippen LogP contribution is 2.19. The fourth-order valence-electron chi connectivity index (χ4n) is 1.09. The topological polar surface area (TPSA) is 101 Å². The predicted molar refractivity (Wildman–Crippen MR) is 47.9 cm³/mol. The Morgan fingerprint density at radius 2 is 1.81 bits per heavy atom. The molecule has 16 heavy (non-hydrogen) atoms. The van der Waals surface area contributed by atoms with Gasteiger partial charge < -0.3 is 15.9 Å². The minimum absolute atomic E-state index is 0.316. The van der Waals surface area contributed by atoms with Gasteiger partial charge in [0.05, 0.1) is 5.56 Å². The quantitative estimate of drug-likeness (QED) is 0.712. The van der Waals surface area contributed by atoms with Crippen LogP contribution in [0.4, 0.5) is 8.78 Å². The lowest BCUT2D eigenvalue weighted by atomic mass is 10.0. The van der Waals surface area contributed by atoms with Crippen molar-refractivity contribution in [1.29, 1.82) is 0 Å². The van der Waals surface area contributed by atoms with E-state index >= 15 is 0 Å². The first-order chi connectivity index (χ1) is 7.34. The van der Waals surface area contributed by atoms with Crippen molar-refractivity contribution < 1.29 is 28.6 Å². The molecule has 1 aromatic rings. The van der Waals surface area contributed by atoms with Gasteiger partial charge in [-0.3, -0.25) is 4.79 Å². The minimum Gasteiger partial charge on any atom is -0.480 e.